The first-order valence-corrected chi connectivity index (χ1v) is 10.1. The maximum atomic E-state index is 13.8. The third-order valence-corrected chi connectivity index (χ3v) is 4.90. The Morgan fingerprint density at radius 3 is 1.35 bits per heavy atom. The lowest BCUT2D eigenvalue weighted by molar-refractivity contribution is -0.425. The van der Waals surface area contributed by atoms with E-state index in [1.165, 1.54) is 0 Å². The van der Waals surface area contributed by atoms with Crippen LogP contribution in [0.2, 0.25) is 0 Å². The molecule has 0 rings (SSSR count). The van der Waals surface area contributed by atoms with Crippen molar-refractivity contribution in [2.75, 3.05) is 13.2 Å². The largest absolute Gasteiger partial charge is 0.462 e. The molecule has 1 N–H and O–H groups in total. The number of rotatable bonds is 16. The fourth-order valence-corrected chi connectivity index (χ4v) is 2.64. The summed E-state index contributed by atoms with van der Waals surface area (Å²) in [6, 6.07) is 0. The minimum Gasteiger partial charge on any atom is -0.462 e. The van der Waals surface area contributed by atoms with Crippen LogP contribution < -0.4 is 0 Å². The molecule has 0 unspecified atom stereocenters. The van der Waals surface area contributed by atoms with Gasteiger partial charge in [0.2, 0.25) is 0 Å². The third-order valence-electron chi connectivity index (χ3n) is 4.90. The number of unbranched alkanes of at least 4 members (excludes halogenated alkanes) is 2. The van der Waals surface area contributed by atoms with E-state index in [-0.39, 0.29) is 0 Å². The molecule has 0 aromatic heterocycles. The van der Waals surface area contributed by atoms with Crippen LogP contribution in [0.4, 0.5) is 65.9 Å². The summed E-state index contributed by atoms with van der Waals surface area (Å²) in [6.45, 7) is 0.713. The molecule has 220 valence electrons. The van der Waals surface area contributed by atoms with Crippen LogP contribution in [-0.2, 0) is 9.53 Å². The highest BCUT2D eigenvalue weighted by atomic mass is 19.4. The van der Waals surface area contributed by atoms with Crippen LogP contribution in [-0.4, -0.2) is 66.0 Å². The van der Waals surface area contributed by atoms with Crippen LogP contribution in [0.25, 0.3) is 0 Å². The summed E-state index contributed by atoms with van der Waals surface area (Å²) in [7, 11) is 0. The molecule has 0 spiro atoms. The van der Waals surface area contributed by atoms with Gasteiger partial charge in [0.05, 0.1) is 18.8 Å². The second-order valence-corrected chi connectivity index (χ2v) is 7.88. The number of halogens is 15. The number of hydrogen-bond donors (Lipinski definition) is 1. The SMILES string of the molecule is C=C(CO)C(=O)OCCCC(F)(F)C(F)(F)C(F)(F)C(F)(F)C(F)(F)C(F)(F)CCCCCC(F)(F)F. The zero-order valence-electron chi connectivity index (χ0n) is 18.5. The number of ether oxygens (including phenoxy) is 1. The topological polar surface area (TPSA) is 46.5 Å². The average Bonchev–Trinajstić information content (AvgIpc) is 2.74. The Hall–Kier alpha value is -1.88. The van der Waals surface area contributed by atoms with E-state index in [4.69, 9.17) is 5.11 Å². The van der Waals surface area contributed by atoms with E-state index in [0.29, 0.717) is 0 Å². The van der Waals surface area contributed by atoms with Gasteiger partial charge in [-0.3, -0.25) is 0 Å². The Kier molecular flexibility index (Phi) is 11.3. The summed E-state index contributed by atoms with van der Waals surface area (Å²) in [5.74, 6) is -44.1. The summed E-state index contributed by atoms with van der Waals surface area (Å²) in [6.07, 6.45) is -15.9. The van der Waals surface area contributed by atoms with E-state index in [2.05, 4.69) is 11.3 Å². The first-order valence-electron chi connectivity index (χ1n) is 10.1. The zero-order valence-corrected chi connectivity index (χ0v) is 18.5. The Bertz CT molecular complexity index is 775. The smallest absolute Gasteiger partial charge is 0.389 e. The van der Waals surface area contributed by atoms with Crippen LogP contribution in [0.5, 0.6) is 0 Å². The second-order valence-electron chi connectivity index (χ2n) is 7.88. The molecule has 0 aromatic rings. The van der Waals surface area contributed by atoms with Crippen LogP contribution in [0.1, 0.15) is 44.9 Å². The van der Waals surface area contributed by atoms with Crippen molar-refractivity contribution in [1.29, 1.82) is 0 Å². The van der Waals surface area contributed by atoms with Gasteiger partial charge >= 0.3 is 47.7 Å². The highest BCUT2D eigenvalue weighted by Gasteiger charge is 2.89. The minimum absolute atomic E-state index is 0.647. The quantitative estimate of drug-likeness (QED) is 0.0908. The van der Waals surface area contributed by atoms with Gasteiger partial charge in [-0.05, 0) is 19.3 Å². The molecule has 0 radical (unpaired) electrons. The van der Waals surface area contributed by atoms with Crippen molar-refractivity contribution < 1.29 is 80.5 Å². The number of alkyl halides is 15. The lowest BCUT2D eigenvalue weighted by Gasteiger charge is -2.41. The lowest BCUT2D eigenvalue weighted by atomic mass is 9.88. The average molecular weight is 582 g/mol. The monoisotopic (exact) mass is 582 g/mol. The normalized spacial score (nSPS) is 14.6. The van der Waals surface area contributed by atoms with E-state index >= 15 is 0 Å². The summed E-state index contributed by atoms with van der Waals surface area (Å²) in [4.78, 5) is 11.1. The maximum absolute atomic E-state index is 13.8. The summed E-state index contributed by atoms with van der Waals surface area (Å²) in [5, 5.41) is 8.56. The number of hydrogen-bond acceptors (Lipinski definition) is 3. The van der Waals surface area contributed by atoms with Crippen LogP contribution in [0, 0.1) is 0 Å². The summed E-state index contributed by atoms with van der Waals surface area (Å²) >= 11 is 0. The van der Waals surface area contributed by atoms with Crippen molar-refractivity contribution >= 4 is 5.97 Å². The lowest BCUT2D eigenvalue weighted by Crippen LogP contribution is -2.70. The molecule has 0 aliphatic carbocycles. The molecule has 3 nitrogen and oxygen atoms in total. The van der Waals surface area contributed by atoms with Gasteiger partial charge in [-0.15, -0.1) is 0 Å². The Labute approximate surface area is 199 Å². The molecule has 0 saturated carbocycles. The molecule has 0 aromatic carbocycles. The van der Waals surface area contributed by atoms with Gasteiger partial charge in [0.25, 0.3) is 0 Å². The first kappa shape index (κ1) is 35.1. The molecule has 0 aliphatic heterocycles. The third kappa shape index (κ3) is 7.81. The Morgan fingerprint density at radius 2 is 0.973 bits per heavy atom. The van der Waals surface area contributed by atoms with Crippen molar-refractivity contribution in [3.63, 3.8) is 0 Å². The minimum atomic E-state index is -7.77. The Balaban J connectivity index is 5.58. The molecular weight excluding hydrogens is 561 g/mol. The van der Waals surface area contributed by atoms with Gasteiger partial charge in [0, 0.05) is 19.3 Å². The molecule has 18 heteroatoms. The van der Waals surface area contributed by atoms with Gasteiger partial charge in [0.15, 0.2) is 0 Å². The standard InChI is InChI=1S/C19H21F15O3/c1-11(10-35)12(36)37-9-5-7-14(22,23)17(29,30)19(33,34)18(31,32)16(27,28)13(20,21)6-3-2-4-8-15(24,25)26/h35H,1-10H2. The predicted molar refractivity (Wildman–Crippen MR) is 95.2 cm³/mol. The maximum Gasteiger partial charge on any atom is 0.389 e. The molecule has 0 atom stereocenters. The molecule has 0 saturated heterocycles. The molecule has 0 heterocycles. The van der Waals surface area contributed by atoms with Gasteiger partial charge < -0.3 is 9.84 Å². The van der Waals surface area contributed by atoms with Crippen LogP contribution >= 0.6 is 0 Å². The van der Waals surface area contributed by atoms with Gasteiger partial charge in [-0.25, -0.2) is 4.79 Å². The van der Waals surface area contributed by atoms with Crippen molar-refractivity contribution in [3.05, 3.63) is 12.2 Å². The van der Waals surface area contributed by atoms with Crippen LogP contribution in [0.15, 0.2) is 12.2 Å². The zero-order chi connectivity index (χ0) is 29.7. The van der Waals surface area contributed by atoms with Crippen LogP contribution in [0.3, 0.4) is 0 Å². The number of esters is 1. The van der Waals surface area contributed by atoms with Crippen molar-refractivity contribution in [1.82, 2.24) is 0 Å². The highest BCUT2D eigenvalue weighted by molar-refractivity contribution is 5.87. The van der Waals surface area contributed by atoms with Crippen molar-refractivity contribution in [2.45, 2.75) is 86.7 Å². The van der Waals surface area contributed by atoms with Crippen molar-refractivity contribution in [2.24, 2.45) is 0 Å². The van der Waals surface area contributed by atoms with E-state index in [1.807, 2.05) is 0 Å². The first-order chi connectivity index (χ1) is 16.3. The summed E-state index contributed by atoms with van der Waals surface area (Å²) < 4.78 is 205. The van der Waals surface area contributed by atoms with Gasteiger partial charge in [-0.2, -0.15) is 65.9 Å². The highest BCUT2D eigenvalue weighted by Crippen LogP contribution is 2.61. The van der Waals surface area contributed by atoms with Crippen molar-refractivity contribution in [3.8, 4) is 0 Å². The van der Waals surface area contributed by atoms with E-state index < -0.39 is 111 Å². The van der Waals surface area contributed by atoms with E-state index in [9.17, 15) is 70.7 Å². The summed E-state index contributed by atoms with van der Waals surface area (Å²) in [5.41, 5.74) is -0.647. The molecule has 0 amide bonds. The fraction of sp³-hybridized carbons (Fsp3) is 0.842. The molecule has 0 aliphatic rings. The van der Waals surface area contributed by atoms with Gasteiger partial charge in [0.1, 0.15) is 0 Å². The Morgan fingerprint density at radius 1 is 0.595 bits per heavy atom. The van der Waals surface area contributed by atoms with E-state index in [1.54, 1.807) is 0 Å². The number of aliphatic hydroxyl groups is 1. The fourth-order valence-electron chi connectivity index (χ4n) is 2.64. The number of aliphatic hydroxyl groups excluding tert-OH is 1. The number of carbonyl (C=O) groups is 1. The van der Waals surface area contributed by atoms with Gasteiger partial charge in [-0.1, -0.05) is 13.0 Å². The second kappa shape index (κ2) is 11.9. The molecular formula is C19H21F15O3. The molecule has 0 fully saturated rings. The van der Waals surface area contributed by atoms with E-state index in [0.717, 1.165) is 0 Å². The number of carbonyl (C=O) groups excluding carboxylic acids is 1. The molecule has 37 heavy (non-hydrogen) atoms. The predicted octanol–water partition coefficient (Wildman–Crippen LogP) is 7.18. The molecule has 0 bridgehead atoms.